The molecule has 0 atom stereocenters. The Balaban J connectivity index is 2.06. The van der Waals surface area contributed by atoms with Crippen LogP contribution in [0.3, 0.4) is 0 Å². The molecule has 0 radical (unpaired) electrons. The predicted molar refractivity (Wildman–Crippen MR) is 70.8 cm³/mol. The van der Waals surface area contributed by atoms with E-state index in [2.05, 4.69) is 28.2 Å². The lowest BCUT2D eigenvalue weighted by Gasteiger charge is -2.17. The van der Waals surface area contributed by atoms with E-state index in [1.165, 1.54) is 5.56 Å². The highest BCUT2D eigenvalue weighted by atomic mass is 16.5. The SMILES string of the molecule is Cc1cc(-c2ccc3c(c2)CCCO3)nc(C)n1. The summed E-state index contributed by atoms with van der Waals surface area (Å²) < 4.78 is 5.63. The fourth-order valence-electron chi connectivity index (χ4n) is 2.38. The number of aromatic nitrogens is 2. The van der Waals surface area contributed by atoms with Crippen molar-refractivity contribution in [1.82, 2.24) is 9.97 Å². The Hall–Kier alpha value is -1.90. The topological polar surface area (TPSA) is 35.0 Å². The summed E-state index contributed by atoms with van der Waals surface area (Å²) in [5.74, 6) is 1.84. The number of hydrogen-bond acceptors (Lipinski definition) is 3. The number of rotatable bonds is 1. The number of ether oxygens (including phenoxy) is 1. The van der Waals surface area contributed by atoms with Gasteiger partial charge in [-0.1, -0.05) is 0 Å². The summed E-state index contributed by atoms with van der Waals surface area (Å²) in [7, 11) is 0. The third-order valence-corrected chi connectivity index (χ3v) is 3.17. The van der Waals surface area contributed by atoms with Crippen molar-refractivity contribution in [1.29, 1.82) is 0 Å². The molecular formula is C15H16N2O. The number of fused-ring (bicyclic) bond motifs is 1. The Labute approximate surface area is 107 Å². The molecule has 0 aliphatic carbocycles. The quantitative estimate of drug-likeness (QED) is 0.768. The molecule has 3 nitrogen and oxygen atoms in total. The van der Waals surface area contributed by atoms with Gasteiger partial charge in [-0.25, -0.2) is 9.97 Å². The maximum Gasteiger partial charge on any atom is 0.126 e. The van der Waals surface area contributed by atoms with E-state index in [9.17, 15) is 0 Å². The van der Waals surface area contributed by atoms with Gasteiger partial charge in [0.1, 0.15) is 11.6 Å². The Morgan fingerprint density at radius 1 is 1.11 bits per heavy atom. The molecule has 92 valence electrons. The molecule has 18 heavy (non-hydrogen) atoms. The van der Waals surface area contributed by atoms with Crippen molar-refractivity contribution < 1.29 is 4.74 Å². The van der Waals surface area contributed by atoms with Crippen LogP contribution in [0.25, 0.3) is 11.3 Å². The molecule has 1 aliphatic heterocycles. The van der Waals surface area contributed by atoms with Gasteiger partial charge in [-0.3, -0.25) is 0 Å². The molecule has 3 rings (SSSR count). The van der Waals surface area contributed by atoms with Crippen LogP contribution in [0.4, 0.5) is 0 Å². The number of benzene rings is 1. The van der Waals surface area contributed by atoms with Crippen molar-refractivity contribution >= 4 is 0 Å². The van der Waals surface area contributed by atoms with E-state index < -0.39 is 0 Å². The third-order valence-electron chi connectivity index (χ3n) is 3.17. The Morgan fingerprint density at radius 2 is 2.00 bits per heavy atom. The highest BCUT2D eigenvalue weighted by Crippen LogP contribution is 2.29. The van der Waals surface area contributed by atoms with Gasteiger partial charge in [0.05, 0.1) is 12.3 Å². The number of aryl methyl sites for hydroxylation is 3. The zero-order chi connectivity index (χ0) is 12.5. The summed E-state index contributed by atoms with van der Waals surface area (Å²) >= 11 is 0. The lowest BCUT2D eigenvalue weighted by molar-refractivity contribution is 0.288. The van der Waals surface area contributed by atoms with Gasteiger partial charge in [0.2, 0.25) is 0 Å². The van der Waals surface area contributed by atoms with E-state index in [4.69, 9.17) is 4.74 Å². The van der Waals surface area contributed by atoms with Gasteiger partial charge in [0.25, 0.3) is 0 Å². The highest BCUT2D eigenvalue weighted by Gasteiger charge is 2.12. The lowest BCUT2D eigenvalue weighted by atomic mass is 10.0. The maximum atomic E-state index is 5.63. The second kappa shape index (κ2) is 4.41. The fourth-order valence-corrected chi connectivity index (χ4v) is 2.38. The molecule has 1 aromatic heterocycles. The van der Waals surface area contributed by atoms with E-state index in [0.29, 0.717) is 0 Å². The Bertz CT molecular complexity index is 573. The van der Waals surface area contributed by atoms with Crippen LogP contribution in [0.15, 0.2) is 24.3 Å². The molecule has 2 aromatic rings. The summed E-state index contributed by atoms with van der Waals surface area (Å²) in [5, 5.41) is 0. The molecule has 0 fully saturated rings. The van der Waals surface area contributed by atoms with Crippen LogP contribution in [-0.2, 0) is 6.42 Å². The van der Waals surface area contributed by atoms with Crippen molar-refractivity contribution in [3.63, 3.8) is 0 Å². The minimum atomic E-state index is 0.818. The Morgan fingerprint density at radius 3 is 2.83 bits per heavy atom. The van der Waals surface area contributed by atoms with Crippen molar-refractivity contribution in [3.05, 3.63) is 41.3 Å². The van der Waals surface area contributed by atoms with Crippen LogP contribution in [0.5, 0.6) is 5.75 Å². The highest BCUT2D eigenvalue weighted by molar-refractivity contribution is 5.62. The minimum Gasteiger partial charge on any atom is -0.493 e. The van der Waals surface area contributed by atoms with Crippen LogP contribution in [-0.4, -0.2) is 16.6 Å². The molecule has 0 unspecified atom stereocenters. The molecule has 0 saturated carbocycles. The minimum absolute atomic E-state index is 0.818. The molecule has 1 aliphatic rings. The summed E-state index contributed by atoms with van der Waals surface area (Å²) in [6, 6.07) is 8.34. The summed E-state index contributed by atoms with van der Waals surface area (Å²) in [6.07, 6.45) is 2.19. The van der Waals surface area contributed by atoms with Crippen molar-refractivity contribution in [2.45, 2.75) is 26.7 Å². The first-order valence-corrected chi connectivity index (χ1v) is 6.31. The largest absolute Gasteiger partial charge is 0.493 e. The van der Waals surface area contributed by atoms with E-state index in [1.54, 1.807) is 0 Å². The van der Waals surface area contributed by atoms with E-state index in [1.807, 2.05) is 19.9 Å². The fraction of sp³-hybridized carbons (Fsp3) is 0.333. The van der Waals surface area contributed by atoms with E-state index in [0.717, 1.165) is 48.0 Å². The average Bonchev–Trinajstić information content (AvgIpc) is 2.37. The molecule has 0 saturated heterocycles. The van der Waals surface area contributed by atoms with Gasteiger partial charge in [-0.2, -0.15) is 0 Å². The first kappa shape index (κ1) is 11.2. The molecule has 0 spiro atoms. The van der Waals surface area contributed by atoms with Crippen LogP contribution in [0, 0.1) is 13.8 Å². The number of hydrogen-bond donors (Lipinski definition) is 0. The van der Waals surface area contributed by atoms with E-state index >= 15 is 0 Å². The number of nitrogens with zero attached hydrogens (tertiary/aromatic N) is 2. The molecule has 1 aromatic carbocycles. The second-order valence-corrected chi connectivity index (χ2v) is 4.72. The molecule has 0 N–H and O–H groups in total. The van der Waals surface area contributed by atoms with Crippen LogP contribution < -0.4 is 4.74 Å². The zero-order valence-electron chi connectivity index (χ0n) is 10.7. The van der Waals surface area contributed by atoms with Crippen LogP contribution in [0.1, 0.15) is 23.5 Å². The zero-order valence-corrected chi connectivity index (χ0v) is 10.7. The maximum absolute atomic E-state index is 5.63. The van der Waals surface area contributed by atoms with Crippen molar-refractivity contribution in [2.75, 3.05) is 6.61 Å². The summed E-state index contributed by atoms with van der Waals surface area (Å²) in [6.45, 7) is 4.76. The summed E-state index contributed by atoms with van der Waals surface area (Å²) in [4.78, 5) is 8.81. The molecule has 0 bridgehead atoms. The predicted octanol–water partition coefficient (Wildman–Crippen LogP) is 3.09. The molecule has 3 heteroatoms. The van der Waals surface area contributed by atoms with Gasteiger partial charge in [0.15, 0.2) is 0 Å². The average molecular weight is 240 g/mol. The second-order valence-electron chi connectivity index (χ2n) is 4.72. The van der Waals surface area contributed by atoms with Gasteiger partial charge in [-0.15, -0.1) is 0 Å². The third kappa shape index (κ3) is 2.08. The standard InChI is InChI=1S/C15H16N2O/c1-10-8-14(17-11(2)16-10)12-5-6-15-13(9-12)4-3-7-18-15/h5-6,8-9H,3-4,7H2,1-2H3. The van der Waals surface area contributed by atoms with Gasteiger partial charge in [-0.05, 0) is 56.5 Å². The molecular weight excluding hydrogens is 224 g/mol. The van der Waals surface area contributed by atoms with E-state index in [-0.39, 0.29) is 0 Å². The van der Waals surface area contributed by atoms with Crippen molar-refractivity contribution in [2.24, 2.45) is 0 Å². The smallest absolute Gasteiger partial charge is 0.126 e. The normalized spacial score (nSPS) is 13.9. The van der Waals surface area contributed by atoms with Gasteiger partial charge < -0.3 is 4.74 Å². The molecule has 0 amide bonds. The molecule has 2 heterocycles. The van der Waals surface area contributed by atoms with Gasteiger partial charge >= 0.3 is 0 Å². The first-order valence-electron chi connectivity index (χ1n) is 6.31. The van der Waals surface area contributed by atoms with Crippen LogP contribution >= 0.6 is 0 Å². The van der Waals surface area contributed by atoms with Crippen LogP contribution in [0.2, 0.25) is 0 Å². The summed E-state index contributed by atoms with van der Waals surface area (Å²) in [5.41, 5.74) is 4.43. The first-order chi connectivity index (χ1) is 8.72. The van der Waals surface area contributed by atoms with Crippen molar-refractivity contribution in [3.8, 4) is 17.0 Å². The lowest BCUT2D eigenvalue weighted by Crippen LogP contribution is -2.08. The van der Waals surface area contributed by atoms with Gasteiger partial charge in [0, 0.05) is 11.3 Å². The monoisotopic (exact) mass is 240 g/mol. The Kier molecular flexibility index (Phi) is 2.74.